The number of carbonyl (C=O) groups excluding carboxylic acids is 1. The molecule has 2 aromatic carbocycles. The minimum atomic E-state index is -0.354. The van der Waals surface area contributed by atoms with Crippen LogP contribution in [-0.4, -0.2) is 23.9 Å². The molecule has 0 saturated heterocycles. The molecule has 1 N–H and O–H groups in total. The van der Waals surface area contributed by atoms with Crippen molar-refractivity contribution >= 4 is 34.8 Å². The third-order valence-electron chi connectivity index (χ3n) is 3.76. The molecular weight excluding hydrogens is 345 g/mol. The number of carbonyl (C=O) groups is 1. The first kappa shape index (κ1) is 18.3. The number of nitriles is 1. The van der Waals surface area contributed by atoms with Crippen LogP contribution in [0.5, 0.6) is 0 Å². The average Bonchev–Trinajstić information content (AvgIpc) is 2.57. The number of amides is 1. The van der Waals surface area contributed by atoms with Crippen molar-refractivity contribution in [3.63, 3.8) is 0 Å². The molecule has 1 atom stereocenters. The molecule has 0 aliphatic carbocycles. The molecule has 0 radical (unpaired) electrons. The minimum absolute atomic E-state index is 0.132. The summed E-state index contributed by atoms with van der Waals surface area (Å²) in [4.78, 5) is 14.3. The second-order valence-electron chi connectivity index (χ2n) is 5.51. The van der Waals surface area contributed by atoms with Gasteiger partial charge in [0.05, 0.1) is 17.7 Å². The molecule has 2 aromatic rings. The molecule has 4 nitrogen and oxygen atoms in total. The van der Waals surface area contributed by atoms with Crippen molar-refractivity contribution in [3.8, 4) is 6.07 Å². The lowest BCUT2D eigenvalue weighted by Gasteiger charge is -2.24. The molecule has 0 aromatic heterocycles. The van der Waals surface area contributed by atoms with E-state index in [2.05, 4.69) is 5.32 Å². The summed E-state index contributed by atoms with van der Waals surface area (Å²) in [6.07, 6.45) is 0. The Labute approximate surface area is 151 Å². The first-order valence-corrected chi connectivity index (χ1v) is 8.11. The van der Waals surface area contributed by atoms with E-state index in [0.717, 1.165) is 5.56 Å². The number of benzene rings is 2. The van der Waals surface area contributed by atoms with E-state index in [1.165, 1.54) is 0 Å². The van der Waals surface area contributed by atoms with E-state index < -0.39 is 0 Å². The van der Waals surface area contributed by atoms with Crippen LogP contribution >= 0.6 is 23.2 Å². The van der Waals surface area contributed by atoms with Gasteiger partial charge in [0.25, 0.3) is 0 Å². The molecule has 6 heteroatoms. The van der Waals surface area contributed by atoms with E-state index in [0.29, 0.717) is 27.8 Å². The summed E-state index contributed by atoms with van der Waals surface area (Å²) >= 11 is 12.1. The Morgan fingerprint density at radius 2 is 1.92 bits per heavy atom. The van der Waals surface area contributed by atoms with Crippen LogP contribution in [0.25, 0.3) is 0 Å². The van der Waals surface area contributed by atoms with E-state index in [9.17, 15) is 4.79 Å². The molecule has 2 rings (SSSR count). The maximum absolute atomic E-state index is 12.4. The van der Waals surface area contributed by atoms with E-state index in [-0.39, 0.29) is 11.9 Å². The largest absolute Gasteiger partial charge is 0.325 e. The van der Waals surface area contributed by atoms with Crippen molar-refractivity contribution in [1.29, 1.82) is 5.26 Å². The van der Waals surface area contributed by atoms with Crippen LogP contribution in [0.15, 0.2) is 42.5 Å². The summed E-state index contributed by atoms with van der Waals surface area (Å²) in [6, 6.07) is 13.7. The Hall–Kier alpha value is -2.06. The lowest BCUT2D eigenvalue weighted by atomic mass is 10.1. The highest BCUT2D eigenvalue weighted by atomic mass is 35.5. The summed E-state index contributed by atoms with van der Waals surface area (Å²) in [5, 5.41) is 12.8. The number of anilines is 1. The third-order valence-corrected chi connectivity index (χ3v) is 4.34. The highest BCUT2D eigenvalue weighted by molar-refractivity contribution is 6.35. The van der Waals surface area contributed by atoms with Crippen LogP contribution in [0.4, 0.5) is 5.69 Å². The van der Waals surface area contributed by atoms with Crippen LogP contribution in [0.1, 0.15) is 18.1 Å². The Bertz CT molecular complexity index is 769. The van der Waals surface area contributed by atoms with Crippen LogP contribution in [-0.2, 0) is 11.3 Å². The van der Waals surface area contributed by atoms with Crippen LogP contribution in [0.3, 0.4) is 0 Å². The highest BCUT2D eigenvalue weighted by Gasteiger charge is 2.19. The molecule has 0 aliphatic heterocycles. The summed E-state index contributed by atoms with van der Waals surface area (Å²) < 4.78 is 0. The normalized spacial score (nSPS) is 11.8. The van der Waals surface area contributed by atoms with Crippen molar-refractivity contribution in [2.24, 2.45) is 0 Å². The molecule has 0 bridgehead atoms. The molecular formula is C18H17Cl2N3O. The summed E-state index contributed by atoms with van der Waals surface area (Å²) in [6.45, 7) is 2.35. The van der Waals surface area contributed by atoms with E-state index >= 15 is 0 Å². The quantitative estimate of drug-likeness (QED) is 0.862. The van der Waals surface area contributed by atoms with Gasteiger partial charge in [0.2, 0.25) is 5.91 Å². The predicted molar refractivity (Wildman–Crippen MR) is 97.2 cm³/mol. The topological polar surface area (TPSA) is 56.1 Å². The van der Waals surface area contributed by atoms with Gasteiger partial charge in [-0.15, -0.1) is 0 Å². The second kappa shape index (κ2) is 8.16. The van der Waals surface area contributed by atoms with Gasteiger partial charge in [-0.25, -0.2) is 0 Å². The van der Waals surface area contributed by atoms with Gasteiger partial charge < -0.3 is 5.32 Å². The second-order valence-corrected chi connectivity index (χ2v) is 6.35. The zero-order chi connectivity index (χ0) is 17.7. The smallest absolute Gasteiger partial charge is 0.241 e. The maximum Gasteiger partial charge on any atom is 0.241 e. The lowest BCUT2D eigenvalue weighted by Crippen LogP contribution is -2.39. The van der Waals surface area contributed by atoms with Gasteiger partial charge in [-0.1, -0.05) is 29.3 Å². The minimum Gasteiger partial charge on any atom is -0.325 e. The Kier molecular flexibility index (Phi) is 6.22. The molecule has 0 spiro atoms. The van der Waals surface area contributed by atoms with Crippen molar-refractivity contribution in [3.05, 3.63) is 63.6 Å². The van der Waals surface area contributed by atoms with Gasteiger partial charge in [0, 0.05) is 22.3 Å². The van der Waals surface area contributed by atoms with Gasteiger partial charge in [-0.2, -0.15) is 5.26 Å². The Morgan fingerprint density at radius 3 is 2.50 bits per heavy atom. The summed E-state index contributed by atoms with van der Waals surface area (Å²) in [7, 11) is 1.86. The van der Waals surface area contributed by atoms with Crippen LogP contribution < -0.4 is 5.32 Å². The number of hydrogen-bond acceptors (Lipinski definition) is 3. The fourth-order valence-electron chi connectivity index (χ4n) is 2.13. The molecule has 0 saturated carbocycles. The summed E-state index contributed by atoms with van der Waals surface area (Å²) in [5.41, 5.74) is 2.11. The molecule has 124 valence electrons. The van der Waals surface area contributed by atoms with Crippen molar-refractivity contribution < 1.29 is 4.79 Å². The van der Waals surface area contributed by atoms with Gasteiger partial charge in [0.15, 0.2) is 0 Å². The maximum atomic E-state index is 12.4. The fraction of sp³-hybridized carbons (Fsp3) is 0.222. The first-order valence-electron chi connectivity index (χ1n) is 7.36. The van der Waals surface area contributed by atoms with Crippen molar-refractivity contribution in [2.75, 3.05) is 12.4 Å². The molecule has 0 fully saturated rings. The van der Waals surface area contributed by atoms with E-state index in [1.807, 2.05) is 31.0 Å². The van der Waals surface area contributed by atoms with Crippen molar-refractivity contribution in [2.45, 2.75) is 19.5 Å². The summed E-state index contributed by atoms with van der Waals surface area (Å²) in [5.74, 6) is -0.132. The lowest BCUT2D eigenvalue weighted by molar-refractivity contribution is -0.120. The zero-order valence-electron chi connectivity index (χ0n) is 13.4. The predicted octanol–water partition coefficient (Wildman–Crippen LogP) is 4.32. The van der Waals surface area contributed by atoms with E-state index in [4.69, 9.17) is 28.5 Å². The van der Waals surface area contributed by atoms with Crippen molar-refractivity contribution in [1.82, 2.24) is 4.90 Å². The monoisotopic (exact) mass is 361 g/mol. The van der Waals surface area contributed by atoms with E-state index in [1.54, 1.807) is 36.4 Å². The third kappa shape index (κ3) is 4.72. The standard InChI is InChI=1S/C18H17Cl2N3O/c1-12(18(24)22-16-7-3-13(10-21)4-8-16)23(2)11-14-5-6-15(19)9-17(14)20/h3-9,12H,11H2,1-2H3,(H,22,24)/t12-/m0/s1. The number of nitrogens with zero attached hydrogens (tertiary/aromatic N) is 2. The average molecular weight is 362 g/mol. The van der Waals surface area contributed by atoms with Gasteiger partial charge in [-0.05, 0) is 55.9 Å². The molecule has 1 amide bonds. The number of hydrogen-bond donors (Lipinski definition) is 1. The van der Waals surface area contributed by atoms with Gasteiger partial charge >= 0.3 is 0 Å². The van der Waals surface area contributed by atoms with Gasteiger partial charge in [-0.3, -0.25) is 9.69 Å². The van der Waals surface area contributed by atoms with Crippen LogP contribution in [0, 0.1) is 11.3 Å². The van der Waals surface area contributed by atoms with Gasteiger partial charge in [0.1, 0.15) is 0 Å². The number of likely N-dealkylation sites (N-methyl/N-ethyl adjacent to an activating group) is 1. The fourth-order valence-corrected chi connectivity index (χ4v) is 2.60. The Balaban J connectivity index is 1.99. The first-order chi connectivity index (χ1) is 11.4. The number of rotatable bonds is 5. The highest BCUT2D eigenvalue weighted by Crippen LogP contribution is 2.22. The van der Waals surface area contributed by atoms with Crippen LogP contribution in [0.2, 0.25) is 10.0 Å². The molecule has 0 unspecified atom stereocenters. The zero-order valence-corrected chi connectivity index (χ0v) is 14.9. The molecule has 24 heavy (non-hydrogen) atoms. The number of halogens is 2. The Morgan fingerprint density at radius 1 is 1.25 bits per heavy atom. The SMILES string of the molecule is C[C@@H](C(=O)Nc1ccc(C#N)cc1)N(C)Cc1ccc(Cl)cc1Cl. The molecule has 0 aliphatic rings. The number of nitrogens with one attached hydrogen (secondary N) is 1. The molecule has 0 heterocycles.